The Labute approximate surface area is 274 Å². The first-order valence-corrected chi connectivity index (χ1v) is 17.8. The summed E-state index contributed by atoms with van der Waals surface area (Å²) in [5, 5.41) is 0. The Morgan fingerprint density at radius 1 is 0.356 bits per heavy atom. The summed E-state index contributed by atoms with van der Waals surface area (Å²) in [6.07, 6.45) is 22.4. The molecule has 4 aromatic rings. The van der Waals surface area contributed by atoms with Gasteiger partial charge in [-0.05, 0) is 121 Å². The molecule has 0 aliphatic heterocycles. The van der Waals surface area contributed by atoms with E-state index in [1.807, 2.05) is 12.1 Å². The Morgan fingerprint density at radius 2 is 0.644 bits per heavy atom. The monoisotopic (exact) mass is 602 g/mol. The second kappa shape index (κ2) is 19.1. The van der Waals surface area contributed by atoms with Gasteiger partial charge in [0, 0.05) is 11.4 Å². The average Bonchev–Trinajstić information content (AvgIpc) is 3.03. The number of benzene rings is 4. The Balaban J connectivity index is 0.930. The van der Waals surface area contributed by atoms with Crippen LogP contribution in [0.5, 0.6) is 0 Å². The van der Waals surface area contributed by atoms with E-state index in [1.165, 1.54) is 141 Å². The lowest BCUT2D eigenvalue weighted by atomic mass is 9.98. The molecule has 0 aromatic heterocycles. The maximum absolute atomic E-state index is 5.90. The third-order valence-corrected chi connectivity index (χ3v) is 9.50. The molecule has 0 spiro atoms. The minimum Gasteiger partial charge on any atom is -0.399 e. The molecule has 2 nitrogen and oxygen atoms in total. The van der Waals surface area contributed by atoms with Crippen LogP contribution in [0.25, 0.3) is 0 Å². The molecule has 0 aliphatic rings. The number of rotatable bonds is 20. The fourth-order valence-corrected chi connectivity index (χ4v) is 6.53. The van der Waals surface area contributed by atoms with Crippen LogP contribution in [0.1, 0.15) is 128 Å². The van der Waals surface area contributed by atoms with Crippen LogP contribution in [0.4, 0.5) is 11.4 Å². The van der Waals surface area contributed by atoms with Crippen molar-refractivity contribution in [3.8, 4) is 0 Å². The highest BCUT2D eigenvalue weighted by Crippen LogP contribution is 2.20. The van der Waals surface area contributed by atoms with Crippen molar-refractivity contribution in [2.45, 2.75) is 123 Å². The van der Waals surface area contributed by atoms with Gasteiger partial charge in [-0.15, -0.1) is 0 Å². The summed E-state index contributed by atoms with van der Waals surface area (Å²) in [5.41, 5.74) is 24.5. The van der Waals surface area contributed by atoms with Crippen molar-refractivity contribution in [2.75, 3.05) is 11.5 Å². The molecule has 0 radical (unpaired) electrons. The van der Waals surface area contributed by atoms with Crippen LogP contribution in [0.15, 0.2) is 84.9 Å². The van der Waals surface area contributed by atoms with Crippen LogP contribution in [-0.2, 0) is 25.7 Å². The number of anilines is 2. The number of nitrogen functional groups attached to an aromatic ring is 2. The fourth-order valence-electron chi connectivity index (χ4n) is 6.53. The van der Waals surface area contributed by atoms with Gasteiger partial charge in [0.15, 0.2) is 0 Å². The Kier molecular flexibility index (Phi) is 14.6. The summed E-state index contributed by atoms with van der Waals surface area (Å²) in [6, 6.07) is 31.0. The highest BCUT2D eigenvalue weighted by molar-refractivity contribution is 5.46. The molecule has 0 amide bonds. The number of aryl methyl sites for hydroxylation is 4. The predicted molar refractivity (Wildman–Crippen MR) is 197 cm³/mol. The Bertz CT molecular complexity index is 1290. The van der Waals surface area contributed by atoms with Gasteiger partial charge in [-0.1, -0.05) is 131 Å². The van der Waals surface area contributed by atoms with Crippen LogP contribution in [0.2, 0.25) is 0 Å². The minimum atomic E-state index is 0.847. The Morgan fingerprint density at radius 3 is 0.956 bits per heavy atom. The van der Waals surface area contributed by atoms with E-state index in [0.29, 0.717) is 0 Å². The standard InChI is InChI=1S/C43H58N2/c1-34-30-42(44)28-26-40(34)32-38-22-18-36(19-23-38)16-14-12-10-8-6-4-3-5-7-9-11-13-15-17-37-20-24-39(25-21-37)33-41-27-29-43(45)31-35(41)2/h18-31H,3-17,32-33,44-45H2,1-2H3. The molecule has 0 aliphatic carbocycles. The van der Waals surface area contributed by atoms with E-state index in [1.54, 1.807) is 0 Å². The van der Waals surface area contributed by atoms with E-state index < -0.39 is 0 Å². The highest BCUT2D eigenvalue weighted by atomic mass is 14.5. The van der Waals surface area contributed by atoms with Crippen LogP contribution in [-0.4, -0.2) is 0 Å². The van der Waals surface area contributed by atoms with Crippen molar-refractivity contribution in [3.05, 3.63) is 129 Å². The van der Waals surface area contributed by atoms with E-state index in [-0.39, 0.29) is 0 Å². The van der Waals surface area contributed by atoms with Gasteiger partial charge in [-0.3, -0.25) is 0 Å². The van der Waals surface area contributed by atoms with Crippen molar-refractivity contribution < 1.29 is 0 Å². The molecule has 0 bridgehead atoms. The van der Waals surface area contributed by atoms with Gasteiger partial charge in [0.25, 0.3) is 0 Å². The molecule has 2 heteroatoms. The molecule has 0 fully saturated rings. The summed E-state index contributed by atoms with van der Waals surface area (Å²) in [7, 11) is 0. The average molecular weight is 603 g/mol. The van der Waals surface area contributed by atoms with Crippen molar-refractivity contribution >= 4 is 11.4 Å². The maximum Gasteiger partial charge on any atom is 0.0316 e. The van der Waals surface area contributed by atoms with Gasteiger partial charge in [0.2, 0.25) is 0 Å². The lowest BCUT2D eigenvalue weighted by Gasteiger charge is -2.08. The normalized spacial score (nSPS) is 11.2. The lowest BCUT2D eigenvalue weighted by Crippen LogP contribution is -1.95. The van der Waals surface area contributed by atoms with Crippen LogP contribution >= 0.6 is 0 Å². The fraction of sp³-hybridized carbons (Fsp3) is 0.442. The summed E-state index contributed by atoms with van der Waals surface area (Å²) < 4.78 is 0. The summed E-state index contributed by atoms with van der Waals surface area (Å²) in [5.74, 6) is 0. The first-order chi connectivity index (χ1) is 22.0. The van der Waals surface area contributed by atoms with Gasteiger partial charge in [0.05, 0.1) is 0 Å². The summed E-state index contributed by atoms with van der Waals surface area (Å²) >= 11 is 0. The van der Waals surface area contributed by atoms with E-state index in [4.69, 9.17) is 11.5 Å². The zero-order valence-corrected chi connectivity index (χ0v) is 28.3. The predicted octanol–water partition coefficient (Wildman–Crippen LogP) is 11.5. The second-order valence-electron chi connectivity index (χ2n) is 13.5. The molecule has 0 atom stereocenters. The molecule has 0 saturated carbocycles. The van der Waals surface area contributed by atoms with Crippen LogP contribution in [0.3, 0.4) is 0 Å². The largest absolute Gasteiger partial charge is 0.399 e. The van der Waals surface area contributed by atoms with E-state index in [9.17, 15) is 0 Å². The van der Waals surface area contributed by atoms with Gasteiger partial charge >= 0.3 is 0 Å². The van der Waals surface area contributed by atoms with Gasteiger partial charge in [0.1, 0.15) is 0 Å². The van der Waals surface area contributed by atoms with Gasteiger partial charge in [-0.2, -0.15) is 0 Å². The molecular weight excluding hydrogens is 544 g/mol. The lowest BCUT2D eigenvalue weighted by molar-refractivity contribution is 0.536. The Hall–Kier alpha value is -3.52. The summed E-state index contributed by atoms with van der Waals surface area (Å²) in [6.45, 7) is 4.30. The minimum absolute atomic E-state index is 0.847. The van der Waals surface area contributed by atoms with Crippen LogP contribution < -0.4 is 11.5 Å². The van der Waals surface area contributed by atoms with Gasteiger partial charge in [-0.25, -0.2) is 0 Å². The van der Waals surface area contributed by atoms with Crippen molar-refractivity contribution in [1.82, 2.24) is 0 Å². The molecule has 240 valence electrons. The van der Waals surface area contributed by atoms with E-state index in [0.717, 1.165) is 24.2 Å². The van der Waals surface area contributed by atoms with Gasteiger partial charge < -0.3 is 11.5 Å². The van der Waals surface area contributed by atoms with Crippen molar-refractivity contribution in [3.63, 3.8) is 0 Å². The van der Waals surface area contributed by atoms with Crippen LogP contribution in [0, 0.1) is 13.8 Å². The quantitative estimate of drug-likeness (QED) is 0.0781. The highest BCUT2D eigenvalue weighted by Gasteiger charge is 2.04. The molecular formula is C43H58N2. The molecule has 0 heterocycles. The third-order valence-electron chi connectivity index (χ3n) is 9.50. The number of hydrogen-bond donors (Lipinski definition) is 2. The van der Waals surface area contributed by atoms with Crippen molar-refractivity contribution in [2.24, 2.45) is 0 Å². The van der Waals surface area contributed by atoms with E-state index >= 15 is 0 Å². The number of hydrogen-bond acceptors (Lipinski definition) is 2. The SMILES string of the molecule is Cc1cc(N)ccc1Cc1ccc(CCCCCCCCCCCCCCCc2ccc(Cc3ccc(N)cc3C)cc2)cc1. The molecule has 4 rings (SSSR count). The number of unbranched alkanes of at least 4 members (excludes halogenated alkanes) is 12. The number of nitrogens with two attached hydrogens (primary N) is 2. The first kappa shape index (κ1) is 34.4. The maximum atomic E-state index is 5.90. The molecule has 4 N–H and O–H groups in total. The molecule has 45 heavy (non-hydrogen) atoms. The zero-order chi connectivity index (χ0) is 31.7. The smallest absolute Gasteiger partial charge is 0.0316 e. The first-order valence-electron chi connectivity index (χ1n) is 17.8. The van der Waals surface area contributed by atoms with E-state index in [2.05, 4.69) is 86.6 Å². The summed E-state index contributed by atoms with van der Waals surface area (Å²) in [4.78, 5) is 0. The topological polar surface area (TPSA) is 52.0 Å². The second-order valence-corrected chi connectivity index (χ2v) is 13.5. The molecule has 0 unspecified atom stereocenters. The molecule has 0 saturated heterocycles. The zero-order valence-electron chi connectivity index (χ0n) is 28.3. The molecule has 4 aromatic carbocycles. The van der Waals surface area contributed by atoms with Crippen molar-refractivity contribution in [1.29, 1.82) is 0 Å². The third kappa shape index (κ3) is 12.8.